The molecule has 0 aromatic heterocycles. The molecule has 8 nitrogen and oxygen atoms in total. The summed E-state index contributed by atoms with van der Waals surface area (Å²) in [6, 6.07) is -2.31. The van der Waals surface area contributed by atoms with Gasteiger partial charge in [-0.1, -0.05) is 53.9 Å². The molecule has 0 spiro atoms. The predicted octanol–water partition coefficient (Wildman–Crippen LogP) is 1.36. The Balaban J connectivity index is 1.81. The highest BCUT2D eigenvalue weighted by Gasteiger charge is 2.69. The molecule has 9 heteroatoms. The first kappa shape index (κ1) is 24.0. The molecule has 3 aliphatic rings. The molecule has 31 heavy (non-hydrogen) atoms. The number of piperidine rings is 1. The number of carbonyl (C=O) groups excluding carboxylic acids is 4. The summed E-state index contributed by atoms with van der Waals surface area (Å²) in [5.41, 5.74) is 4.72. The van der Waals surface area contributed by atoms with E-state index < -0.39 is 41.1 Å². The zero-order valence-electron chi connectivity index (χ0n) is 19.0. The molecule has 0 radical (unpaired) electrons. The fourth-order valence-corrected chi connectivity index (χ4v) is 5.70. The average molecular weight is 455 g/mol. The van der Waals surface area contributed by atoms with Gasteiger partial charge in [-0.15, -0.1) is 0 Å². The Morgan fingerprint density at radius 2 is 1.81 bits per heavy atom. The highest BCUT2D eigenvalue weighted by Crippen LogP contribution is 2.65. The van der Waals surface area contributed by atoms with E-state index >= 15 is 0 Å². The Hall–Kier alpha value is -1.67. The van der Waals surface area contributed by atoms with Gasteiger partial charge in [0.15, 0.2) is 0 Å². The lowest BCUT2D eigenvalue weighted by Gasteiger charge is -2.37. The quantitative estimate of drug-likeness (QED) is 0.377. The summed E-state index contributed by atoms with van der Waals surface area (Å²) < 4.78 is 0. The minimum Gasteiger partial charge on any atom is -0.363 e. The lowest BCUT2D eigenvalue weighted by molar-refractivity contribution is -0.145. The Morgan fingerprint density at radius 1 is 1.19 bits per heavy atom. The Morgan fingerprint density at radius 3 is 2.26 bits per heavy atom. The highest BCUT2D eigenvalue weighted by molar-refractivity contribution is 6.37. The summed E-state index contributed by atoms with van der Waals surface area (Å²) >= 11 is 5.90. The lowest BCUT2D eigenvalue weighted by Crippen LogP contribution is -2.59. The van der Waals surface area contributed by atoms with Gasteiger partial charge in [-0.2, -0.15) is 0 Å². The molecular formula is C22H35ClN4O4. The van der Waals surface area contributed by atoms with Crippen LogP contribution in [0.15, 0.2) is 0 Å². The van der Waals surface area contributed by atoms with E-state index in [4.69, 9.17) is 17.5 Å². The molecule has 174 valence electrons. The van der Waals surface area contributed by atoms with Crippen LogP contribution in [-0.4, -0.2) is 53.1 Å². The molecule has 5 atom stereocenters. The van der Waals surface area contributed by atoms with Gasteiger partial charge in [-0.3, -0.25) is 19.2 Å². The van der Waals surface area contributed by atoms with Crippen LogP contribution in [0.2, 0.25) is 0 Å². The molecule has 1 heterocycles. The normalized spacial score (nSPS) is 28.8. The molecular weight excluding hydrogens is 420 g/mol. The van der Waals surface area contributed by atoms with Crippen LogP contribution in [-0.2, 0) is 19.2 Å². The highest BCUT2D eigenvalue weighted by atomic mass is 35.5. The summed E-state index contributed by atoms with van der Waals surface area (Å²) in [4.78, 5) is 54.9. The van der Waals surface area contributed by atoms with Gasteiger partial charge < -0.3 is 16.0 Å². The number of hydrogen-bond acceptors (Lipinski definition) is 5. The Labute approximate surface area is 189 Å². The Kier molecular flexibility index (Phi) is 6.46. The van der Waals surface area contributed by atoms with Crippen molar-refractivity contribution in [3.8, 4) is 0 Å². The lowest BCUT2D eigenvalue weighted by atomic mass is 9.80. The van der Waals surface area contributed by atoms with Crippen molar-refractivity contribution < 1.29 is 19.2 Å². The van der Waals surface area contributed by atoms with Crippen LogP contribution in [0.4, 0.5) is 0 Å². The molecule has 2 aliphatic carbocycles. The summed E-state index contributed by atoms with van der Waals surface area (Å²) in [6.45, 7) is 10.4. The number of hydrogen-bond donors (Lipinski definition) is 3. The van der Waals surface area contributed by atoms with Crippen molar-refractivity contribution in [3.05, 3.63) is 0 Å². The molecule has 0 aromatic rings. The summed E-state index contributed by atoms with van der Waals surface area (Å²) in [5, 5.41) is 2.78. The fraction of sp³-hybridized carbons (Fsp3) is 0.818. The number of nitrogens with one attached hydrogen (secondary N) is 2. The zero-order valence-corrected chi connectivity index (χ0v) is 19.8. The van der Waals surface area contributed by atoms with E-state index in [1.165, 1.54) is 0 Å². The maximum absolute atomic E-state index is 13.4. The summed E-state index contributed by atoms with van der Waals surface area (Å²) in [5.74, 6) is -1.95. The van der Waals surface area contributed by atoms with Gasteiger partial charge in [0.05, 0.1) is 6.04 Å². The predicted molar refractivity (Wildman–Crippen MR) is 117 cm³/mol. The smallest absolute Gasteiger partial charge is 0.287 e. The monoisotopic (exact) mass is 454 g/mol. The van der Waals surface area contributed by atoms with Gasteiger partial charge >= 0.3 is 0 Å². The van der Waals surface area contributed by atoms with Crippen LogP contribution in [0.1, 0.15) is 60.3 Å². The van der Waals surface area contributed by atoms with Crippen molar-refractivity contribution in [2.75, 3.05) is 6.54 Å². The number of likely N-dealkylation sites (tertiary alicyclic amines) is 1. The third-order valence-corrected chi connectivity index (χ3v) is 7.87. The van der Waals surface area contributed by atoms with Gasteiger partial charge in [0.1, 0.15) is 12.1 Å². The van der Waals surface area contributed by atoms with E-state index in [1.54, 1.807) is 4.90 Å². The van der Waals surface area contributed by atoms with Gasteiger partial charge in [-0.05, 0) is 46.8 Å². The average Bonchev–Trinajstić information content (AvgIpc) is 2.98. The maximum Gasteiger partial charge on any atom is 0.287 e. The number of nitrogens with two attached hydrogens (primary N) is 1. The van der Waals surface area contributed by atoms with Crippen molar-refractivity contribution in [3.63, 3.8) is 0 Å². The van der Waals surface area contributed by atoms with E-state index in [0.717, 1.165) is 19.3 Å². The van der Waals surface area contributed by atoms with Crippen LogP contribution in [0.5, 0.6) is 0 Å². The van der Waals surface area contributed by atoms with E-state index in [2.05, 4.69) is 24.0 Å². The van der Waals surface area contributed by atoms with Gasteiger partial charge in [-0.25, -0.2) is 4.84 Å². The minimum absolute atomic E-state index is 0.000395. The largest absolute Gasteiger partial charge is 0.363 e. The van der Waals surface area contributed by atoms with Crippen LogP contribution in [0.25, 0.3) is 0 Å². The summed E-state index contributed by atoms with van der Waals surface area (Å²) in [7, 11) is 0. The summed E-state index contributed by atoms with van der Waals surface area (Å²) in [6.07, 6.45) is 3.43. The molecule has 0 aromatic carbocycles. The van der Waals surface area contributed by atoms with Crippen LogP contribution in [0, 0.1) is 28.6 Å². The molecule has 2 saturated carbocycles. The molecule has 3 amide bonds. The standard InChI is InChI=1S/C22H35ClN4O4/c1-21(2,3)17(26-23)20(31)27-10-12-14(22(12,4)5)15(27)19(30)25-13(16(28)18(24)29)9-11-7-6-8-11/h11-15,17,26H,6-10H2,1-5H3,(H2,24,29)(H,25,30)/t12?,13?,14-,15-,17?/m0/s1. The van der Waals surface area contributed by atoms with Crippen molar-refractivity contribution in [2.24, 2.45) is 34.3 Å². The first-order valence-corrected chi connectivity index (χ1v) is 11.5. The molecule has 0 bridgehead atoms. The second-order valence-electron chi connectivity index (χ2n) is 11.1. The van der Waals surface area contributed by atoms with E-state index in [9.17, 15) is 19.2 Å². The number of carbonyl (C=O) groups is 4. The second kappa shape index (κ2) is 8.35. The SMILES string of the molecule is CC(C)(C)C(NCl)C(=O)N1CC2[C@@H]([C@H]1C(=O)NC(CC1CCC1)C(=O)C(N)=O)C2(C)C. The molecule has 1 saturated heterocycles. The minimum atomic E-state index is -1.05. The zero-order chi connectivity index (χ0) is 23.3. The van der Waals surface area contributed by atoms with Gasteiger partial charge in [0.25, 0.3) is 5.91 Å². The fourth-order valence-electron chi connectivity index (χ4n) is 5.28. The van der Waals surface area contributed by atoms with E-state index in [1.807, 2.05) is 20.8 Å². The van der Waals surface area contributed by atoms with Gasteiger partial charge in [0, 0.05) is 6.54 Å². The third kappa shape index (κ3) is 4.46. The van der Waals surface area contributed by atoms with Gasteiger partial charge in [0.2, 0.25) is 17.6 Å². The maximum atomic E-state index is 13.4. The number of amides is 3. The molecule has 3 rings (SSSR count). The number of nitrogens with zero attached hydrogens (tertiary/aromatic N) is 1. The van der Waals surface area contributed by atoms with E-state index in [-0.39, 0.29) is 23.2 Å². The topological polar surface area (TPSA) is 122 Å². The number of ketones is 1. The molecule has 3 fully saturated rings. The molecule has 4 N–H and O–H groups in total. The van der Waals surface area contributed by atoms with Crippen molar-refractivity contribution in [2.45, 2.75) is 78.4 Å². The number of primary amides is 1. The number of rotatable bonds is 8. The molecule has 3 unspecified atom stereocenters. The van der Waals surface area contributed by atoms with E-state index in [0.29, 0.717) is 18.9 Å². The third-order valence-electron chi connectivity index (χ3n) is 7.65. The number of Topliss-reactive ketones (excluding diaryl/α,β-unsaturated/α-hetero) is 1. The molecule has 1 aliphatic heterocycles. The second-order valence-corrected chi connectivity index (χ2v) is 11.3. The van der Waals surface area contributed by atoms with Crippen molar-refractivity contribution >= 4 is 35.3 Å². The van der Waals surface area contributed by atoms with Crippen molar-refractivity contribution in [1.29, 1.82) is 0 Å². The van der Waals surface area contributed by atoms with Crippen LogP contribution < -0.4 is 15.9 Å². The Bertz CT molecular complexity index is 774. The van der Waals surface area contributed by atoms with Crippen LogP contribution in [0.3, 0.4) is 0 Å². The van der Waals surface area contributed by atoms with Crippen molar-refractivity contribution in [1.82, 2.24) is 15.1 Å². The number of halogens is 1. The van der Waals surface area contributed by atoms with Crippen LogP contribution >= 0.6 is 11.8 Å². The first-order chi connectivity index (χ1) is 14.3. The first-order valence-electron chi connectivity index (χ1n) is 11.1. The number of fused-ring (bicyclic) bond motifs is 1.